The monoisotopic (exact) mass is 380 g/mol. The first-order chi connectivity index (χ1) is 13.5. The predicted molar refractivity (Wildman–Crippen MR) is 117 cm³/mol. The molecule has 1 fully saturated rings. The minimum Gasteiger partial charge on any atom is -0.489 e. The number of aliphatic hydroxyl groups excluding tert-OH is 1. The largest absolute Gasteiger partial charge is 0.489 e. The van der Waals surface area contributed by atoms with Crippen LogP contribution in [0.2, 0.25) is 0 Å². The van der Waals surface area contributed by atoms with Gasteiger partial charge in [0.2, 0.25) is 0 Å². The van der Waals surface area contributed by atoms with Crippen molar-refractivity contribution < 1.29 is 9.84 Å². The first-order valence-electron chi connectivity index (χ1n) is 11.0. The molecule has 0 amide bonds. The molecule has 0 aliphatic heterocycles. The van der Waals surface area contributed by atoms with E-state index in [1.54, 1.807) is 0 Å². The van der Waals surface area contributed by atoms with Crippen molar-refractivity contribution in [3.8, 4) is 5.75 Å². The van der Waals surface area contributed by atoms with Crippen molar-refractivity contribution in [3.63, 3.8) is 0 Å². The highest BCUT2D eigenvalue weighted by atomic mass is 16.5. The molecule has 152 valence electrons. The van der Waals surface area contributed by atoms with Crippen LogP contribution in [0.3, 0.4) is 0 Å². The molecule has 0 spiro atoms. The number of unbranched alkanes of at least 4 members (excludes halogenated alkanes) is 1. The van der Waals surface area contributed by atoms with E-state index in [9.17, 15) is 5.11 Å². The molecule has 0 aromatic heterocycles. The molecule has 28 heavy (non-hydrogen) atoms. The maximum Gasteiger partial charge on any atom is 0.123 e. The van der Waals surface area contributed by atoms with Gasteiger partial charge in [0.1, 0.15) is 12.4 Å². The summed E-state index contributed by atoms with van der Waals surface area (Å²) >= 11 is 0. The smallest absolute Gasteiger partial charge is 0.123 e. The van der Waals surface area contributed by atoms with Gasteiger partial charge in [0.05, 0.1) is 6.10 Å². The Balaban J connectivity index is 1.87. The lowest BCUT2D eigenvalue weighted by atomic mass is 9.77. The molecule has 0 bridgehead atoms. The van der Waals surface area contributed by atoms with Gasteiger partial charge in [0.15, 0.2) is 0 Å². The van der Waals surface area contributed by atoms with Crippen molar-refractivity contribution >= 4 is 0 Å². The fourth-order valence-electron chi connectivity index (χ4n) is 4.36. The number of ether oxygens (including phenoxy) is 1. The summed E-state index contributed by atoms with van der Waals surface area (Å²) in [6, 6.07) is 17.2. The van der Waals surface area contributed by atoms with Gasteiger partial charge in [-0.2, -0.15) is 0 Å². The third-order valence-corrected chi connectivity index (χ3v) is 6.27. The summed E-state index contributed by atoms with van der Waals surface area (Å²) in [6.45, 7) is 7.51. The van der Waals surface area contributed by atoms with Crippen molar-refractivity contribution in [1.82, 2.24) is 0 Å². The third kappa shape index (κ3) is 5.38. The van der Waals surface area contributed by atoms with E-state index in [4.69, 9.17) is 4.74 Å². The van der Waals surface area contributed by atoms with Gasteiger partial charge in [-0.15, -0.1) is 0 Å². The van der Waals surface area contributed by atoms with Crippen LogP contribution in [0.4, 0.5) is 0 Å². The highest BCUT2D eigenvalue weighted by molar-refractivity contribution is 5.43. The van der Waals surface area contributed by atoms with E-state index in [0.29, 0.717) is 12.5 Å². The van der Waals surface area contributed by atoms with Crippen LogP contribution in [0, 0.1) is 0 Å². The normalized spacial score (nSPS) is 20.1. The first kappa shape index (κ1) is 20.9. The number of rotatable bonds is 8. The van der Waals surface area contributed by atoms with Gasteiger partial charge < -0.3 is 9.84 Å². The van der Waals surface area contributed by atoms with E-state index >= 15 is 0 Å². The van der Waals surface area contributed by atoms with E-state index in [1.807, 2.05) is 6.07 Å². The minimum absolute atomic E-state index is 0.144. The molecular formula is C26H36O2. The molecule has 0 radical (unpaired) electrons. The zero-order chi connectivity index (χ0) is 20.0. The Hall–Kier alpha value is -1.80. The van der Waals surface area contributed by atoms with Crippen molar-refractivity contribution in [1.29, 1.82) is 0 Å². The minimum atomic E-state index is -0.179. The molecule has 2 aromatic carbocycles. The standard InChI is InChI=1S/C26H36O2/c1-4-5-16-26(2,3)22-14-15-24(21-12-9-13-23(27)17-21)25(18-22)28-19-20-10-7-6-8-11-20/h6-8,10-11,14-15,18,21,23,27H,4-5,9,12-13,16-17,19H2,1-3H3/t21-,23-/m0/s1. The lowest BCUT2D eigenvalue weighted by Gasteiger charge is -2.30. The van der Waals surface area contributed by atoms with E-state index < -0.39 is 0 Å². The summed E-state index contributed by atoms with van der Waals surface area (Å²) < 4.78 is 6.37. The summed E-state index contributed by atoms with van der Waals surface area (Å²) in [6.07, 6.45) is 7.47. The molecule has 0 heterocycles. The summed E-state index contributed by atoms with van der Waals surface area (Å²) in [4.78, 5) is 0. The van der Waals surface area contributed by atoms with Crippen LogP contribution in [-0.2, 0) is 12.0 Å². The van der Waals surface area contributed by atoms with Gasteiger partial charge in [-0.25, -0.2) is 0 Å². The summed E-state index contributed by atoms with van der Waals surface area (Å²) in [5, 5.41) is 10.2. The SMILES string of the molecule is CCCCC(C)(C)c1ccc([C@H]2CCC[C@H](O)C2)c(OCc2ccccc2)c1. The Labute approximate surface area is 170 Å². The molecular weight excluding hydrogens is 344 g/mol. The number of hydrogen-bond acceptors (Lipinski definition) is 2. The lowest BCUT2D eigenvalue weighted by molar-refractivity contribution is 0.118. The van der Waals surface area contributed by atoms with Crippen LogP contribution < -0.4 is 4.74 Å². The third-order valence-electron chi connectivity index (χ3n) is 6.27. The second-order valence-electron chi connectivity index (χ2n) is 9.03. The van der Waals surface area contributed by atoms with Gasteiger partial charge in [-0.1, -0.05) is 82.5 Å². The molecule has 3 rings (SSSR count). The Morgan fingerprint density at radius 3 is 2.57 bits per heavy atom. The predicted octanol–water partition coefficient (Wildman–Crippen LogP) is 6.75. The topological polar surface area (TPSA) is 29.5 Å². The molecule has 2 nitrogen and oxygen atoms in total. The molecule has 0 saturated heterocycles. The average molecular weight is 381 g/mol. The van der Waals surface area contributed by atoms with Crippen LogP contribution in [0.15, 0.2) is 48.5 Å². The molecule has 1 aliphatic rings. The van der Waals surface area contributed by atoms with Crippen LogP contribution in [0.1, 0.15) is 88.3 Å². The summed E-state index contributed by atoms with van der Waals surface area (Å²) in [5.41, 5.74) is 3.95. The second kappa shape index (κ2) is 9.60. The number of benzene rings is 2. The van der Waals surface area contributed by atoms with Gasteiger partial charge in [-0.05, 0) is 59.8 Å². The lowest BCUT2D eigenvalue weighted by Crippen LogP contribution is -2.20. The maximum atomic E-state index is 10.2. The number of hydrogen-bond donors (Lipinski definition) is 1. The second-order valence-corrected chi connectivity index (χ2v) is 9.03. The fourth-order valence-corrected chi connectivity index (χ4v) is 4.36. The zero-order valence-corrected chi connectivity index (χ0v) is 17.8. The maximum absolute atomic E-state index is 10.2. The molecule has 2 aromatic rings. The zero-order valence-electron chi connectivity index (χ0n) is 17.8. The van der Waals surface area contributed by atoms with E-state index in [1.165, 1.54) is 36.0 Å². The van der Waals surface area contributed by atoms with Crippen LogP contribution in [-0.4, -0.2) is 11.2 Å². The van der Waals surface area contributed by atoms with Crippen molar-refractivity contribution in [3.05, 3.63) is 65.2 Å². The molecule has 2 heteroatoms. The number of aliphatic hydroxyl groups is 1. The molecule has 2 atom stereocenters. The van der Waals surface area contributed by atoms with Crippen LogP contribution in [0.5, 0.6) is 5.75 Å². The molecule has 1 saturated carbocycles. The van der Waals surface area contributed by atoms with Crippen molar-refractivity contribution in [2.75, 3.05) is 0 Å². The Kier molecular flexibility index (Phi) is 7.18. The van der Waals surface area contributed by atoms with Gasteiger partial charge in [0, 0.05) is 0 Å². The summed E-state index contributed by atoms with van der Waals surface area (Å²) in [5.74, 6) is 1.40. The quantitative estimate of drug-likeness (QED) is 0.549. The van der Waals surface area contributed by atoms with Crippen molar-refractivity contribution in [2.45, 2.75) is 89.8 Å². The summed E-state index contributed by atoms with van der Waals surface area (Å²) in [7, 11) is 0. The van der Waals surface area contributed by atoms with Gasteiger partial charge >= 0.3 is 0 Å². The highest BCUT2D eigenvalue weighted by Gasteiger charge is 2.27. The first-order valence-corrected chi connectivity index (χ1v) is 11.0. The van der Waals surface area contributed by atoms with E-state index in [0.717, 1.165) is 31.4 Å². The molecule has 1 N–H and O–H groups in total. The fraction of sp³-hybridized carbons (Fsp3) is 0.538. The van der Waals surface area contributed by atoms with Gasteiger partial charge in [0.25, 0.3) is 0 Å². The van der Waals surface area contributed by atoms with Crippen molar-refractivity contribution in [2.24, 2.45) is 0 Å². The highest BCUT2D eigenvalue weighted by Crippen LogP contribution is 2.40. The molecule has 1 aliphatic carbocycles. The van der Waals surface area contributed by atoms with E-state index in [2.05, 4.69) is 63.2 Å². The Morgan fingerprint density at radius 1 is 1.07 bits per heavy atom. The average Bonchev–Trinajstić information content (AvgIpc) is 2.71. The van der Waals surface area contributed by atoms with Crippen LogP contribution in [0.25, 0.3) is 0 Å². The van der Waals surface area contributed by atoms with E-state index in [-0.39, 0.29) is 11.5 Å². The Morgan fingerprint density at radius 2 is 1.86 bits per heavy atom. The van der Waals surface area contributed by atoms with Gasteiger partial charge in [-0.3, -0.25) is 0 Å². The molecule has 0 unspecified atom stereocenters. The van der Waals surface area contributed by atoms with Crippen LogP contribution >= 0.6 is 0 Å². The Bertz CT molecular complexity index is 735.